The minimum atomic E-state index is 0.0854. The number of guanidine groups is 1. The molecule has 0 aliphatic carbocycles. The van der Waals surface area contributed by atoms with Crippen LogP contribution in [-0.4, -0.2) is 31.7 Å². The largest absolute Gasteiger partial charge is 0.493 e. The highest BCUT2D eigenvalue weighted by atomic mass is 32.1. The summed E-state index contributed by atoms with van der Waals surface area (Å²) in [4.78, 5) is 9.05. The van der Waals surface area contributed by atoms with Gasteiger partial charge in [0.05, 0.1) is 31.5 Å². The molecule has 0 aliphatic rings. The fraction of sp³-hybridized carbons (Fsp3) is 0.474. The van der Waals surface area contributed by atoms with E-state index in [9.17, 15) is 0 Å². The lowest BCUT2D eigenvalue weighted by molar-refractivity contribution is 0.354. The average molecular weight is 377 g/mol. The van der Waals surface area contributed by atoms with Gasteiger partial charge in [-0.1, -0.05) is 26.8 Å². The van der Waals surface area contributed by atoms with Gasteiger partial charge in [0.2, 0.25) is 0 Å². The van der Waals surface area contributed by atoms with Gasteiger partial charge in [0.1, 0.15) is 0 Å². The summed E-state index contributed by atoms with van der Waals surface area (Å²) in [5, 5.41) is 6.37. The number of rotatable bonds is 7. The molecular formula is C19H28N4O2S. The molecule has 2 rings (SSSR count). The molecule has 0 aliphatic heterocycles. The van der Waals surface area contributed by atoms with E-state index < -0.39 is 0 Å². The topological polar surface area (TPSA) is 81.8 Å². The van der Waals surface area contributed by atoms with Crippen LogP contribution in [0.5, 0.6) is 11.5 Å². The van der Waals surface area contributed by atoms with Crippen molar-refractivity contribution in [2.45, 2.75) is 39.2 Å². The zero-order chi connectivity index (χ0) is 19.2. The van der Waals surface area contributed by atoms with Crippen molar-refractivity contribution >= 4 is 17.3 Å². The van der Waals surface area contributed by atoms with Crippen LogP contribution >= 0.6 is 11.3 Å². The second kappa shape index (κ2) is 8.89. The van der Waals surface area contributed by atoms with Gasteiger partial charge >= 0.3 is 0 Å². The van der Waals surface area contributed by atoms with Crippen molar-refractivity contribution in [3.63, 3.8) is 0 Å². The van der Waals surface area contributed by atoms with Crippen molar-refractivity contribution in [3.8, 4) is 11.5 Å². The summed E-state index contributed by atoms with van der Waals surface area (Å²) >= 11 is 1.69. The highest BCUT2D eigenvalue weighted by molar-refractivity contribution is 7.09. The molecule has 0 bridgehead atoms. The standard InChI is InChI=1S/C19H28N4O2S/c1-19(2,3)16-12-26-17(23-16)8-9-21-18(20)22-11-13-6-7-14(24-4)15(10-13)25-5/h6-7,10,12H,8-9,11H2,1-5H3,(H3,20,21,22). The Morgan fingerprint density at radius 3 is 2.58 bits per heavy atom. The summed E-state index contributed by atoms with van der Waals surface area (Å²) in [6.07, 6.45) is 0.827. The summed E-state index contributed by atoms with van der Waals surface area (Å²) in [6, 6.07) is 5.71. The average Bonchev–Trinajstić information content (AvgIpc) is 3.09. The van der Waals surface area contributed by atoms with E-state index >= 15 is 0 Å². The molecule has 0 radical (unpaired) electrons. The summed E-state index contributed by atoms with van der Waals surface area (Å²) < 4.78 is 10.5. The van der Waals surface area contributed by atoms with Gasteiger partial charge in [-0.15, -0.1) is 11.3 Å². The summed E-state index contributed by atoms with van der Waals surface area (Å²) in [5.74, 6) is 1.81. The monoisotopic (exact) mass is 376 g/mol. The Bertz CT molecular complexity index is 750. The van der Waals surface area contributed by atoms with Crippen molar-refractivity contribution in [2.75, 3.05) is 20.8 Å². The molecule has 1 heterocycles. The maximum atomic E-state index is 5.95. The van der Waals surface area contributed by atoms with E-state index in [1.807, 2.05) is 18.2 Å². The number of ether oxygens (including phenoxy) is 2. The van der Waals surface area contributed by atoms with E-state index in [1.54, 1.807) is 25.6 Å². The van der Waals surface area contributed by atoms with Crippen molar-refractivity contribution in [1.29, 1.82) is 0 Å². The van der Waals surface area contributed by atoms with Crippen LogP contribution in [0.4, 0.5) is 0 Å². The molecule has 0 saturated heterocycles. The zero-order valence-electron chi connectivity index (χ0n) is 16.1. The van der Waals surface area contributed by atoms with E-state index in [-0.39, 0.29) is 5.41 Å². The summed E-state index contributed by atoms with van der Waals surface area (Å²) in [5.41, 5.74) is 8.17. The Balaban J connectivity index is 1.84. The number of hydrogen-bond acceptors (Lipinski definition) is 5. The lowest BCUT2D eigenvalue weighted by atomic mass is 9.93. The normalized spacial score (nSPS) is 12.1. The first kappa shape index (κ1) is 20.0. The first-order chi connectivity index (χ1) is 12.3. The van der Waals surface area contributed by atoms with Crippen LogP contribution in [0.2, 0.25) is 0 Å². The first-order valence-electron chi connectivity index (χ1n) is 8.53. The van der Waals surface area contributed by atoms with Gasteiger partial charge < -0.3 is 20.5 Å². The van der Waals surface area contributed by atoms with Crippen molar-refractivity contribution in [2.24, 2.45) is 10.7 Å². The number of nitrogens with one attached hydrogen (secondary N) is 1. The van der Waals surface area contributed by atoms with Gasteiger partial charge in [0.15, 0.2) is 17.5 Å². The maximum Gasteiger partial charge on any atom is 0.188 e. The molecule has 2 aromatic rings. The molecule has 0 saturated carbocycles. The molecule has 1 aromatic heterocycles. The van der Waals surface area contributed by atoms with Crippen LogP contribution in [-0.2, 0) is 18.4 Å². The van der Waals surface area contributed by atoms with Crippen molar-refractivity contribution < 1.29 is 9.47 Å². The Kier molecular flexibility index (Phi) is 6.85. The number of benzene rings is 1. The highest BCUT2D eigenvalue weighted by Gasteiger charge is 2.17. The van der Waals surface area contributed by atoms with Gasteiger partial charge in [-0.2, -0.15) is 0 Å². The molecule has 26 heavy (non-hydrogen) atoms. The lowest BCUT2D eigenvalue weighted by Crippen LogP contribution is -2.33. The lowest BCUT2D eigenvalue weighted by Gasteiger charge is -2.14. The molecule has 0 spiro atoms. The quantitative estimate of drug-likeness (QED) is 0.573. The number of nitrogens with zero attached hydrogens (tertiary/aromatic N) is 2. The predicted molar refractivity (Wildman–Crippen MR) is 107 cm³/mol. The SMILES string of the molecule is COc1ccc(CN=C(N)NCCc2nc(C(C)(C)C)cs2)cc1OC. The predicted octanol–water partition coefficient (Wildman–Crippen LogP) is 3.10. The van der Waals surface area contributed by atoms with E-state index in [2.05, 4.69) is 41.4 Å². The van der Waals surface area contributed by atoms with Gasteiger partial charge in [-0.3, -0.25) is 0 Å². The fourth-order valence-electron chi connectivity index (χ4n) is 2.28. The van der Waals surface area contributed by atoms with Crippen LogP contribution in [0.3, 0.4) is 0 Å². The highest BCUT2D eigenvalue weighted by Crippen LogP contribution is 2.27. The van der Waals surface area contributed by atoms with Crippen LogP contribution < -0.4 is 20.5 Å². The molecule has 1 aromatic carbocycles. The summed E-state index contributed by atoms with van der Waals surface area (Å²) in [7, 11) is 3.23. The Labute approximate surface area is 159 Å². The molecule has 0 atom stereocenters. The Morgan fingerprint density at radius 2 is 1.96 bits per heavy atom. The first-order valence-corrected chi connectivity index (χ1v) is 9.41. The maximum absolute atomic E-state index is 5.95. The molecule has 0 fully saturated rings. The number of aliphatic imine (C=N–C) groups is 1. The summed E-state index contributed by atoms with van der Waals surface area (Å²) in [6.45, 7) is 7.69. The molecule has 6 nitrogen and oxygen atoms in total. The number of thiazole rings is 1. The Hall–Kier alpha value is -2.28. The van der Waals surface area contributed by atoms with Crippen LogP contribution in [0.25, 0.3) is 0 Å². The number of aromatic nitrogens is 1. The van der Waals surface area contributed by atoms with E-state index in [0.29, 0.717) is 30.5 Å². The van der Waals surface area contributed by atoms with Gasteiger partial charge in [0, 0.05) is 23.8 Å². The number of hydrogen-bond donors (Lipinski definition) is 2. The van der Waals surface area contributed by atoms with Gasteiger partial charge in [-0.25, -0.2) is 9.98 Å². The van der Waals surface area contributed by atoms with Crippen LogP contribution in [0, 0.1) is 0 Å². The minimum Gasteiger partial charge on any atom is -0.493 e. The Morgan fingerprint density at radius 1 is 1.23 bits per heavy atom. The van der Waals surface area contributed by atoms with Gasteiger partial charge in [0.25, 0.3) is 0 Å². The van der Waals surface area contributed by atoms with E-state index in [1.165, 1.54) is 0 Å². The molecule has 7 heteroatoms. The smallest absolute Gasteiger partial charge is 0.188 e. The van der Waals surface area contributed by atoms with Crippen molar-refractivity contribution in [3.05, 3.63) is 39.8 Å². The second-order valence-electron chi connectivity index (χ2n) is 6.94. The third-order valence-corrected chi connectivity index (χ3v) is 4.75. The molecule has 0 amide bonds. The molecule has 3 N–H and O–H groups in total. The second-order valence-corrected chi connectivity index (χ2v) is 7.89. The molecule has 142 valence electrons. The van der Waals surface area contributed by atoms with E-state index in [4.69, 9.17) is 15.2 Å². The fourth-order valence-corrected chi connectivity index (χ4v) is 3.30. The number of nitrogens with two attached hydrogens (primary N) is 1. The number of methoxy groups -OCH3 is 2. The van der Waals surface area contributed by atoms with Crippen molar-refractivity contribution in [1.82, 2.24) is 10.3 Å². The van der Waals surface area contributed by atoms with Gasteiger partial charge in [-0.05, 0) is 17.7 Å². The zero-order valence-corrected chi connectivity index (χ0v) is 16.9. The van der Waals surface area contributed by atoms with Crippen LogP contribution in [0.15, 0.2) is 28.6 Å². The van der Waals surface area contributed by atoms with Crippen LogP contribution in [0.1, 0.15) is 37.0 Å². The van der Waals surface area contributed by atoms with E-state index in [0.717, 1.165) is 22.7 Å². The third kappa shape index (κ3) is 5.62. The molecule has 0 unspecified atom stereocenters. The third-order valence-electron chi connectivity index (χ3n) is 3.85. The molecular weight excluding hydrogens is 348 g/mol. The minimum absolute atomic E-state index is 0.0854.